The lowest BCUT2D eigenvalue weighted by molar-refractivity contribution is -0.147. The molecule has 0 bridgehead atoms. The molecule has 1 aliphatic rings. The second kappa shape index (κ2) is 8.96. The number of ether oxygens (including phenoxy) is 1. The van der Waals surface area contributed by atoms with Crippen LogP contribution in [0.3, 0.4) is 0 Å². The van der Waals surface area contributed by atoms with Gasteiger partial charge in [-0.25, -0.2) is 0 Å². The molecule has 1 amide bonds. The van der Waals surface area contributed by atoms with E-state index in [4.69, 9.17) is 4.74 Å². The van der Waals surface area contributed by atoms with Gasteiger partial charge in [0.1, 0.15) is 0 Å². The molecule has 1 N–H and O–H groups in total. The van der Waals surface area contributed by atoms with Crippen LogP contribution in [0.15, 0.2) is 47.8 Å². The van der Waals surface area contributed by atoms with Crippen LogP contribution >= 0.6 is 11.3 Å². The van der Waals surface area contributed by atoms with Crippen molar-refractivity contribution in [3.63, 3.8) is 0 Å². The standard InChI is InChI=1S/C20H24N2O3S/c1-25-20(24)16-9-11-22(12-10-16)14-18(23)21-19(17-8-5-13-26-17)15-6-3-2-4-7-15/h2-8,13,16,19H,9-12,14H2,1H3,(H,21,23)/t19-/m0/s1. The van der Waals surface area contributed by atoms with Crippen molar-refractivity contribution in [3.05, 3.63) is 58.3 Å². The third-order valence-corrected chi connectivity index (χ3v) is 5.69. The zero-order chi connectivity index (χ0) is 18.4. The van der Waals surface area contributed by atoms with Crippen molar-refractivity contribution in [2.75, 3.05) is 26.7 Å². The smallest absolute Gasteiger partial charge is 0.308 e. The minimum absolute atomic E-state index is 0.00349. The van der Waals surface area contributed by atoms with Crippen molar-refractivity contribution in [2.45, 2.75) is 18.9 Å². The minimum Gasteiger partial charge on any atom is -0.469 e. The van der Waals surface area contributed by atoms with Gasteiger partial charge in [0.2, 0.25) is 5.91 Å². The maximum atomic E-state index is 12.6. The number of esters is 1. The van der Waals surface area contributed by atoms with Gasteiger partial charge in [-0.05, 0) is 42.9 Å². The molecule has 1 aromatic heterocycles. The monoisotopic (exact) mass is 372 g/mol. The van der Waals surface area contributed by atoms with Gasteiger partial charge >= 0.3 is 5.97 Å². The summed E-state index contributed by atoms with van der Waals surface area (Å²) in [4.78, 5) is 27.5. The number of carbonyl (C=O) groups is 2. The van der Waals surface area contributed by atoms with Crippen molar-refractivity contribution >= 4 is 23.2 Å². The van der Waals surface area contributed by atoms with Crippen LogP contribution in [-0.4, -0.2) is 43.5 Å². The number of nitrogens with one attached hydrogen (secondary N) is 1. The quantitative estimate of drug-likeness (QED) is 0.792. The maximum Gasteiger partial charge on any atom is 0.308 e. The number of methoxy groups -OCH3 is 1. The average molecular weight is 372 g/mol. The normalized spacial score (nSPS) is 16.8. The van der Waals surface area contributed by atoms with Gasteiger partial charge in [-0.3, -0.25) is 14.5 Å². The summed E-state index contributed by atoms with van der Waals surface area (Å²) < 4.78 is 4.81. The van der Waals surface area contributed by atoms with Crippen LogP contribution in [0.5, 0.6) is 0 Å². The van der Waals surface area contributed by atoms with Gasteiger partial charge in [0, 0.05) is 4.88 Å². The molecule has 0 saturated carbocycles. The van der Waals surface area contributed by atoms with E-state index < -0.39 is 0 Å². The molecule has 2 aromatic rings. The lowest BCUT2D eigenvalue weighted by Gasteiger charge is -2.30. The van der Waals surface area contributed by atoms with Crippen molar-refractivity contribution < 1.29 is 14.3 Å². The molecule has 1 saturated heterocycles. The molecule has 6 heteroatoms. The summed E-state index contributed by atoms with van der Waals surface area (Å²) in [5.74, 6) is -0.179. The number of nitrogens with zero attached hydrogens (tertiary/aromatic N) is 1. The zero-order valence-corrected chi connectivity index (χ0v) is 15.7. The third kappa shape index (κ3) is 4.71. The maximum absolute atomic E-state index is 12.6. The molecule has 138 valence electrons. The summed E-state index contributed by atoms with van der Waals surface area (Å²) in [5, 5.41) is 5.19. The number of benzene rings is 1. The Morgan fingerprint density at radius 2 is 1.92 bits per heavy atom. The minimum atomic E-state index is -0.143. The number of carbonyl (C=O) groups excluding carboxylic acids is 2. The molecular weight excluding hydrogens is 348 g/mol. The highest BCUT2D eigenvalue weighted by Crippen LogP contribution is 2.26. The van der Waals surface area contributed by atoms with Gasteiger partial charge in [-0.2, -0.15) is 0 Å². The fraction of sp³-hybridized carbons (Fsp3) is 0.400. The van der Waals surface area contributed by atoms with E-state index in [1.54, 1.807) is 11.3 Å². The number of thiophene rings is 1. The van der Waals surface area contributed by atoms with Gasteiger partial charge in [0.05, 0.1) is 25.6 Å². The lowest BCUT2D eigenvalue weighted by Crippen LogP contribution is -2.43. The molecule has 5 nitrogen and oxygen atoms in total. The topological polar surface area (TPSA) is 58.6 Å². The fourth-order valence-electron chi connectivity index (χ4n) is 3.32. The number of piperidine rings is 1. The Morgan fingerprint density at radius 1 is 1.19 bits per heavy atom. The first kappa shape index (κ1) is 18.6. The Morgan fingerprint density at radius 3 is 2.54 bits per heavy atom. The SMILES string of the molecule is COC(=O)C1CCN(CC(=O)N[C@@H](c2ccccc2)c2cccs2)CC1. The van der Waals surface area contributed by atoms with E-state index in [9.17, 15) is 9.59 Å². The highest BCUT2D eigenvalue weighted by molar-refractivity contribution is 7.10. The summed E-state index contributed by atoms with van der Waals surface area (Å²) in [7, 11) is 1.43. The van der Waals surface area contributed by atoms with Gasteiger partial charge in [0.15, 0.2) is 0 Å². The summed E-state index contributed by atoms with van der Waals surface area (Å²) in [5.41, 5.74) is 1.08. The van der Waals surface area contributed by atoms with Gasteiger partial charge in [0.25, 0.3) is 0 Å². The molecule has 3 rings (SSSR count). The van der Waals surface area contributed by atoms with E-state index in [1.165, 1.54) is 7.11 Å². The first-order chi connectivity index (χ1) is 12.7. The molecule has 0 unspecified atom stereocenters. The van der Waals surface area contributed by atoms with E-state index >= 15 is 0 Å². The van der Waals surface area contributed by atoms with E-state index in [0.29, 0.717) is 6.54 Å². The second-order valence-electron chi connectivity index (χ2n) is 6.50. The molecule has 1 fully saturated rings. The number of rotatable bonds is 6. The summed E-state index contributed by atoms with van der Waals surface area (Å²) >= 11 is 1.64. The highest BCUT2D eigenvalue weighted by atomic mass is 32.1. The number of likely N-dealkylation sites (tertiary alicyclic amines) is 1. The van der Waals surface area contributed by atoms with Crippen LogP contribution in [0.1, 0.15) is 29.3 Å². The Hall–Kier alpha value is -2.18. The number of amides is 1. The summed E-state index contributed by atoms with van der Waals surface area (Å²) in [6.45, 7) is 1.83. The Labute approximate surface area is 158 Å². The predicted octanol–water partition coefficient (Wildman–Crippen LogP) is 2.84. The molecule has 26 heavy (non-hydrogen) atoms. The van der Waals surface area contributed by atoms with Crippen molar-refractivity contribution in [1.82, 2.24) is 10.2 Å². The molecule has 0 radical (unpaired) electrons. The Kier molecular flexibility index (Phi) is 6.41. The highest BCUT2D eigenvalue weighted by Gasteiger charge is 2.27. The van der Waals surface area contributed by atoms with Gasteiger partial charge in [-0.1, -0.05) is 36.4 Å². The first-order valence-electron chi connectivity index (χ1n) is 8.85. The number of hydrogen-bond acceptors (Lipinski definition) is 5. The number of hydrogen-bond donors (Lipinski definition) is 1. The molecule has 0 aliphatic carbocycles. The van der Waals surface area contributed by atoms with Crippen molar-refractivity contribution in [1.29, 1.82) is 0 Å². The van der Waals surface area contributed by atoms with Crippen LogP contribution in [-0.2, 0) is 14.3 Å². The fourth-order valence-corrected chi connectivity index (χ4v) is 4.13. The van der Waals surface area contributed by atoms with E-state index in [-0.39, 0.29) is 23.8 Å². The van der Waals surface area contributed by atoms with E-state index in [1.807, 2.05) is 47.8 Å². The third-order valence-electron chi connectivity index (χ3n) is 4.76. The van der Waals surface area contributed by atoms with Crippen LogP contribution < -0.4 is 5.32 Å². The molecule has 0 spiro atoms. The van der Waals surface area contributed by atoms with E-state index in [0.717, 1.165) is 36.4 Å². The first-order valence-corrected chi connectivity index (χ1v) is 9.73. The van der Waals surface area contributed by atoms with Crippen LogP contribution in [0.25, 0.3) is 0 Å². The Balaban J connectivity index is 1.58. The Bertz CT molecular complexity index is 710. The van der Waals surface area contributed by atoms with E-state index in [2.05, 4.69) is 10.2 Å². The molecule has 1 aliphatic heterocycles. The molecule has 1 aromatic carbocycles. The largest absolute Gasteiger partial charge is 0.469 e. The van der Waals surface area contributed by atoms with Crippen molar-refractivity contribution in [3.8, 4) is 0 Å². The molecule has 2 heterocycles. The average Bonchev–Trinajstić information content (AvgIpc) is 3.21. The predicted molar refractivity (Wildman–Crippen MR) is 102 cm³/mol. The molecular formula is C20H24N2O3S. The summed E-state index contributed by atoms with van der Waals surface area (Å²) in [6.07, 6.45) is 1.49. The molecule has 1 atom stereocenters. The van der Waals surface area contributed by atoms with Crippen molar-refractivity contribution in [2.24, 2.45) is 5.92 Å². The zero-order valence-electron chi connectivity index (χ0n) is 14.9. The van der Waals surface area contributed by atoms with Gasteiger partial charge < -0.3 is 10.1 Å². The summed E-state index contributed by atoms with van der Waals surface area (Å²) in [6, 6.07) is 13.9. The lowest BCUT2D eigenvalue weighted by atomic mass is 9.97. The van der Waals surface area contributed by atoms with Crippen LogP contribution in [0.4, 0.5) is 0 Å². The van der Waals surface area contributed by atoms with Gasteiger partial charge in [-0.15, -0.1) is 11.3 Å². The van der Waals surface area contributed by atoms with Crippen LogP contribution in [0, 0.1) is 5.92 Å². The van der Waals surface area contributed by atoms with Crippen LogP contribution in [0.2, 0.25) is 0 Å². The second-order valence-corrected chi connectivity index (χ2v) is 7.48.